The second kappa shape index (κ2) is 9.40. The highest BCUT2D eigenvalue weighted by Gasteiger charge is 2.14. The van der Waals surface area contributed by atoms with Crippen molar-refractivity contribution in [1.82, 2.24) is 0 Å². The Morgan fingerprint density at radius 3 is 1.85 bits per heavy atom. The van der Waals surface area contributed by atoms with Gasteiger partial charge in [-0.15, -0.1) is 11.6 Å². The highest BCUT2D eigenvalue weighted by Crippen LogP contribution is 2.35. The number of hydrogen-bond donors (Lipinski definition) is 1. The largest absolute Gasteiger partial charge is 0.465 e. The SMILES string of the molecule is CC(O)Oc1ccc(/C(=C(/CCCl)c2ccccc2)c2ccccc2)cc1. The molecule has 3 aromatic carbocycles. The van der Waals surface area contributed by atoms with Crippen LogP contribution in [0.4, 0.5) is 0 Å². The van der Waals surface area contributed by atoms with Gasteiger partial charge in [0.05, 0.1) is 0 Å². The highest BCUT2D eigenvalue weighted by molar-refractivity contribution is 6.18. The molecule has 0 saturated heterocycles. The summed E-state index contributed by atoms with van der Waals surface area (Å²) >= 11 is 6.17. The Balaban J connectivity index is 2.16. The van der Waals surface area contributed by atoms with Crippen molar-refractivity contribution in [3.63, 3.8) is 0 Å². The molecule has 3 rings (SSSR count). The average Bonchev–Trinajstić information content (AvgIpc) is 2.70. The van der Waals surface area contributed by atoms with Gasteiger partial charge in [0.15, 0.2) is 6.29 Å². The molecule has 0 fully saturated rings. The standard InChI is InChI=1S/C24H23ClO2/c1-18(26)27-22-14-12-21(13-15-22)24(20-10-6-3-7-11-20)23(16-17-25)19-8-4-2-5-9-19/h2-15,18,26H,16-17H2,1H3/b24-23-. The van der Waals surface area contributed by atoms with Gasteiger partial charge in [-0.05, 0) is 53.3 Å². The molecule has 1 atom stereocenters. The summed E-state index contributed by atoms with van der Waals surface area (Å²) < 4.78 is 5.37. The summed E-state index contributed by atoms with van der Waals surface area (Å²) in [4.78, 5) is 0. The van der Waals surface area contributed by atoms with Gasteiger partial charge in [-0.25, -0.2) is 0 Å². The third-order valence-corrected chi connectivity index (χ3v) is 4.47. The average molecular weight is 379 g/mol. The molecule has 0 amide bonds. The van der Waals surface area contributed by atoms with Gasteiger partial charge in [-0.1, -0.05) is 72.8 Å². The van der Waals surface area contributed by atoms with Crippen LogP contribution in [0.1, 0.15) is 30.0 Å². The Labute approximate surface area is 165 Å². The van der Waals surface area contributed by atoms with E-state index < -0.39 is 6.29 Å². The topological polar surface area (TPSA) is 29.5 Å². The van der Waals surface area contributed by atoms with Gasteiger partial charge in [-0.2, -0.15) is 0 Å². The van der Waals surface area contributed by atoms with E-state index in [1.54, 1.807) is 6.92 Å². The zero-order chi connectivity index (χ0) is 19.1. The molecule has 27 heavy (non-hydrogen) atoms. The van der Waals surface area contributed by atoms with E-state index in [0.717, 1.165) is 23.1 Å². The van der Waals surface area contributed by atoms with Crippen molar-refractivity contribution in [3.05, 3.63) is 102 Å². The third-order valence-electron chi connectivity index (χ3n) is 4.28. The van der Waals surface area contributed by atoms with Crippen LogP contribution in [0.2, 0.25) is 0 Å². The third kappa shape index (κ3) is 5.00. The Hall–Kier alpha value is -2.55. The number of rotatable bonds is 7. The lowest BCUT2D eigenvalue weighted by molar-refractivity contribution is -0.000293. The lowest BCUT2D eigenvalue weighted by Gasteiger charge is -2.17. The summed E-state index contributed by atoms with van der Waals surface area (Å²) in [6.07, 6.45) is -0.0713. The molecule has 0 aliphatic carbocycles. The van der Waals surface area contributed by atoms with E-state index >= 15 is 0 Å². The zero-order valence-electron chi connectivity index (χ0n) is 15.3. The van der Waals surface area contributed by atoms with Crippen molar-refractivity contribution in [2.45, 2.75) is 19.6 Å². The maximum atomic E-state index is 9.42. The lowest BCUT2D eigenvalue weighted by Crippen LogP contribution is -2.09. The lowest BCUT2D eigenvalue weighted by atomic mass is 9.88. The second-order valence-electron chi connectivity index (χ2n) is 6.27. The molecular weight excluding hydrogens is 356 g/mol. The highest BCUT2D eigenvalue weighted by atomic mass is 35.5. The summed E-state index contributed by atoms with van der Waals surface area (Å²) in [5.74, 6) is 1.18. The van der Waals surface area contributed by atoms with Gasteiger partial charge >= 0.3 is 0 Å². The number of hydrogen-bond acceptors (Lipinski definition) is 2. The van der Waals surface area contributed by atoms with E-state index in [9.17, 15) is 5.11 Å². The number of allylic oxidation sites excluding steroid dienone is 1. The van der Waals surface area contributed by atoms with Crippen molar-refractivity contribution >= 4 is 22.7 Å². The Morgan fingerprint density at radius 1 is 0.815 bits per heavy atom. The number of halogens is 1. The predicted molar refractivity (Wildman–Crippen MR) is 113 cm³/mol. The van der Waals surface area contributed by atoms with Crippen molar-refractivity contribution < 1.29 is 9.84 Å². The minimum Gasteiger partial charge on any atom is -0.465 e. The van der Waals surface area contributed by atoms with E-state index in [-0.39, 0.29) is 0 Å². The van der Waals surface area contributed by atoms with E-state index in [1.165, 1.54) is 11.1 Å². The summed E-state index contributed by atoms with van der Waals surface area (Å²) in [5, 5.41) is 9.42. The Bertz CT molecular complexity index is 869. The van der Waals surface area contributed by atoms with Gasteiger partial charge in [0.1, 0.15) is 5.75 Å². The van der Waals surface area contributed by atoms with Crippen LogP contribution >= 0.6 is 11.6 Å². The molecule has 0 aliphatic rings. The molecule has 0 aromatic heterocycles. The van der Waals surface area contributed by atoms with Crippen LogP contribution in [0.5, 0.6) is 5.75 Å². The monoisotopic (exact) mass is 378 g/mol. The molecule has 1 unspecified atom stereocenters. The quantitative estimate of drug-likeness (QED) is 0.311. The first-order chi connectivity index (χ1) is 13.2. The van der Waals surface area contributed by atoms with Crippen LogP contribution in [-0.4, -0.2) is 17.3 Å². The van der Waals surface area contributed by atoms with E-state index in [1.807, 2.05) is 60.7 Å². The number of benzene rings is 3. The molecule has 0 spiro atoms. The smallest absolute Gasteiger partial charge is 0.194 e. The predicted octanol–water partition coefficient (Wildman–Crippen LogP) is 5.99. The summed E-state index contributed by atoms with van der Waals surface area (Å²) in [7, 11) is 0. The molecule has 1 N–H and O–H groups in total. The van der Waals surface area contributed by atoms with Crippen molar-refractivity contribution in [3.8, 4) is 5.75 Å². The first kappa shape index (κ1) is 19.2. The van der Waals surface area contributed by atoms with Gasteiger partial charge in [0.25, 0.3) is 0 Å². The van der Waals surface area contributed by atoms with Crippen molar-refractivity contribution in [1.29, 1.82) is 0 Å². The van der Waals surface area contributed by atoms with Crippen LogP contribution in [0, 0.1) is 0 Å². The van der Waals surface area contributed by atoms with Crippen molar-refractivity contribution in [2.75, 3.05) is 5.88 Å². The fourth-order valence-electron chi connectivity index (χ4n) is 3.16. The Morgan fingerprint density at radius 2 is 1.33 bits per heavy atom. The molecule has 2 nitrogen and oxygen atoms in total. The molecule has 0 heterocycles. The summed E-state index contributed by atoms with van der Waals surface area (Å²) in [5.41, 5.74) is 5.77. The number of aliphatic hydroxyl groups excluding tert-OH is 1. The van der Waals surface area contributed by atoms with E-state index in [0.29, 0.717) is 11.6 Å². The van der Waals surface area contributed by atoms with Gasteiger partial charge in [0.2, 0.25) is 0 Å². The molecule has 3 heteroatoms. The van der Waals surface area contributed by atoms with Crippen molar-refractivity contribution in [2.24, 2.45) is 0 Å². The number of ether oxygens (including phenoxy) is 1. The molecule has 0 bridgehead atoms. The number of alkyl halides is 1. The minimum absolute atomic E-state index is 0.545. The minimum atomic E-state index is -0.837. The van der Waals surface area contributed by atoms with Crippen LogP contribution < -0.4 is 4.74 Å². The molecule has 0 aliphatic heterocycles. The molecule has 3 aromatic rings. The van der Waals surface area contributed by atoms with Crippen LogP contribution in [0.25, 0.3) is 11.1 Å². The van der Waals surface area contributed by atoms with Crippen LogP contribution in [-0.2, 0) is 0 Å². The molecule has 0 saturated carbocycles. The fraction of sp³-hybridized carbons (Fsp3) is 0.167. The summed E-state index contributed by atoms with van der Waals surface area (Å²) in [6.45, 7) is 1.59. The molecule has 0 radical (unpaired) electrons. The fourth-order valence-corrected chi connectivity index (χ4v) is 3.35. The summed E-state index contributed by atoms with van der Waals surface area (Å²) in [6, 6.07) is 28.5. The number of aliphatic hydroxyl groups is 1. The van der Waals surface area contributed by atoms with Gasteiger partial charge in [-0.3, -0.25) is 0 Å². The van der Waals surface area contributed by atoms with Crippen LogP contribution in [0.3, 0.4) is 0 Å². The van der Waals surface area contributed by atoms with Gasteiger partial charge < -0.3 is 9.84 Å². The first-order valence-corrected chi connectivity index (χ1v) is 9.57. The van der Waals surface area contributed by atoms with Gasteiger partial charge in [0, 0.05) is 5.88 Å². The normalized spacial score (nSPS) is 13.0. The van der Waals surface area contributed by atoms with Crippen LogP contribution in [0.15, 0.2) is 84.9 Å². The van der Waals surface area contributed by atoms with E-state index in [4.69, 9.17) is 16.3 Å². The first-order valence-electron chi connectivity index (χ1n) is 9.04. The Kier molecular flexibility index (Phi) is 6.69. The van der Waals surface area contributed by atoms with E-state index in [2.05, 4.69) is 24.3 Å². The maximum Gasteiger partial charge on any atom is 0.194 e. The molecule has 138 valence electrons. The molecular formula is C24H23ClO2. The maximum absolute atomic E-state index is 9.42. The second-order valence-corrected chi connectivity index (χ2v) is 6.64. The zero-order valence-corrected chi connectivity index (χ0v) is 16.1.